The average Bonchev–Trinajstić information content (AvgIpc) is 2.85. The predicted molar refractivity (Wildman–Crippen MR) is 135 cm³/mol. The van der Waals surface area contributed by atoms with Gasteiger partial charge in [-0.25, -0.2) is 13.2 Å². The Kier molecular flexibility index (Phi) is 7.73. The lowest BCUT2D eigenvalue weighted by molar-refractivity contribution is -0.134. The summed E-state index contributed by atoms with van der Waals surface area (Å²) in [5.41, 5.74) is 2.52. The first-order valence-corrected chi connectivity index (χ1v) is 13.4. The third kappa shape index (κ3) is 6.01. The molecule has 2 saturated heterocycles. The van der Waals surface area contributed by atoms with Crippen molar-refractivity contribution in [1.82, 2.24) is 19.0 Å². The van der Waals surface area contributed by atoms with Gasteiger partial charge in [-0.15, -0.1) is 0 Å². The van der Waals surface area contributed by atoms with Crippen molar-refractivity contribution in [3.8, 4) is 0 Å². The second kappa shape index (κ2) is 10.8. The molecule has 0 atom stereocenters. The number of sulfonamides is 1. The molecular formula is C25H33N5O4S. The van der Waals surface area contributed by atoms with Crippen LogP contribution in [0.15, 0.2) is 53.4 Å². The number of nitrogens with zero attached hydrogens (tertiary/aromatic N) is 4. The highest BCUT2D eigenvalue weighted by Crippen LogP contribution is 2.22. The summed E-state index contributed by atoms with van der Waals surface area (Å²) in [6.45, 7) is 7.69. The first-order valence-electron chi connectivity index (χ1n) is 11.9. The maximum absolute atomic E-state index is 13.1. The Balaban J connectivity index is 1.23. The minimum absolute atomic E-state index is 0.0128. The molecule has 0 saturated carbocycles. The van der Waals surface area contributed by atoms with Crippen LogP contribution in [-0.2, 0) is 14.8 Å². The van der Waals surface area contributed by atoms with E-state index in [4.69, 9.17) is 0 Å². The molecule has 0 aliphatic carbocycles. The van der Waals surface area contributed by atoms with Crippen LogP contribution in [0.5, 0.6) is 0 Å². The molecule has 2 aromatic carbocycles. The summed E-state index contributed by atoms with van der Waals surface area (Å²) in [6, 6.07) is 14.5. The Hall–Kier alpha value is -2.95. The van der Waals surface area contributed by atoms with Gasteiger partial charge in [0, 0.05) is 58.0 Å². The lowest BCUT2D eigenvalue weighted by atomic mass is 10.2. The highest BCUT2D eigenvalue weighted by atomic mass is 32.2. The van der Waals surface area contributed by atoms with Crippen LogP contribution in [0.25, 0.3) is 0 Å². The smallest absolute Gasteiger partial charge is 0.321 e. The quantitative estimate of drug-likeness (QED) is 0.679. The van der Waals surface area contributed by atoms with E-state index in [0.717, 1.165) is 16.8 Å². The van der Waals surface area contributed by atoms with Crippen LogP contribution < -0.4 is 5.32 Å². The fraction of sp³-hybridized carbons (Fsp3) is 0.440. The molecule has 9 nitrogen and oxygen atoms in total. The predicted octanol–water partition coefficient (Wildman–Crippen LogP) is 1.99. The molecule has 4 rings (SSSR count). The van der Waals surface area contributed by atoms with E-state index in [1.807, 2.05) is 61.2 Å². The minimum atomic E-state index is -3.55. The zero-order chi connectivity index (χ0) is 25.0. The Morgan fingerprint density at radius 2 is 1.46 bits per heavy atom. The molecule has 2 fully saturated rings. The zero-order valence-corrected chi connectivity index (χ0v) is 21.1. The van der Waals surface area contributed by atoms with Crippen molar-refractivity contribution >= 4 is 27.6 Å². The molecule has 2 aromatic rings. The fourth-order valence-corrected chi connectivity index (χ4v) is 6.16. The number of hydrogen-bond donors (Lipinski definition) is 1. The van der Waals surface area contributed by atoms with Crippen LogP contribution in [0.1, 0.15) is 11.1 Å². The summed E-state index contributed by atoms with van der Waals surface area (Å²) < 4.78 is 27.7. The van der Waals surface area contributed by atoms with Gasteiger partial charge in [0.1, 0.15) is 0 Å². The molecule has 2 aliphatic rings. The molecule has 0 spiro atoms. The van der Waals surface area contributed by atoms with Crippen LogP contribution >= 0.6 is 0 Å². The Bertz CT molecular complexity index is 1160. The van der Waals surface area contributed by atoms with Gasteiger partial charge in [0.15, 0.2) is 0 Å². The van der Waals surface area contributed by atoms with E-state index >= 15 is 0 Å². The Morgan fingerprint density at radius 3 is 2.09 bits per heavy atom. The average molecular weight is 500 g/mol. The highest BCUT2D eigenvalue weighted by Gasteiger charge is 2.31. The molecule has 188 valence electrons. The molecule has 2 heterocycles. The number of carbonyl (C=O) groups excluding carboxylic acids is 2. The molecular weight excluding hydrogens is 466 g/mol. The number of carbonyl (C=O) groups is 2. The number of anilines is 1. The van der Waals surface area contributed by atoms with Gasteiger partial charge >= 0.3 is 6.03 Å². The molecule has 0 bridgehead atoms. The van der Waals surface area contributed by atoms with Crippen molar-refractivity contribution in [2.24, 2.45) is 0 Å². The van der Waals surface area contributed by atoms with Crippen molar-refractivity contribution in [1.29, 1.82) is 0 Å². The fourth-order valence-electron chi connectivity index (χ4n) is 4.53. The number of hydrogen-bond acceptors (Lipinski definition) is 5. The van der Waals surface area contributed by atoms with Gasteiger partial charge in [0.25, 0.3) is 0 Å². The van der Waals surface area contributed by atoms with Gasteiger partial charge in [-0.05, 0) is 37.6 Å². The standard InChI is InChI=1S/C25H33N5O4S/c1-20-8-9-23(21(2)18-20)35(33,34)30-16-10-27(11-17-30)19-24(31)28-12-14-29(15-13-28)25(32)26-22-6-4-3-5-7-22/h3-9,18H,10-17,19H2,1-2H3,(H,26,32). The van der Waals surface area contributed by atoms with Crippen molar-refractivity contribution in [3.05, 3.63) is 59.7 Å². The van der Waals surface area contributed by atoms with Gasteiger partial charge in [-0.1, -0.05) is 35.9 Å². The monoisotopic (exact) mass is 499 g/mol. The number of rotatable bonds is 5. The molecule has 35 heavy (non-hydrogen) atoms. The molecule has 10 heteroatoms. The third-order valence-electron chi connectivity index (χ3n) is 6.58. The van der Waals surface area contributed by atoms with Crippen LogP contribution in [-0.4, -0.2) is 98.3 Å². The van der Waals surface area contributed by atoms with E-state index in [1.165, 1.54) is 4.31 Å². The van der Waals surface area contributed by atoms with Gasteiger partial charge in [0.2, 0.25) is 15.9 Å². The molecule has 2 aliphatic heterocycles. The van der Waals surface area contributed by atoms with Crippen molar-refractivity contribution in [2.45, 2.75) is 18.7 Å². The van der Waals surface area contributed by atoms with Crippen molar-refractivity contribution in [3.63, 3.8) is 0 Å². The van der Waals surface area contributed by atoms with Crippen LogP contribution in [0, 0.1) is 13.8 Å². The highest BCUT2D eigenvalue weighted by molar-refractivity contribution is 7.89. The number of benzene rings is 2. The first kappa shape index (κ1) is 25.2. The lowest BCUT2D eigenvalue weighted by Gasteiger charge is -2.37. The van der Waals surface area contributed by atoms with Crippen molar-refractivity contribution < 1.29 is 18.0 Å². The SMILES string of the molecule is Cc1ccc(S(=O)(=O)N2CCN(CC(=O)N3CCN(C(=O)Nc4ccccc4)CC3)CC2)c(C)c1. The molecule has 0 unspecified atom stereocenters. The number of amides is 3. The summed E-state index contributed by atoms with van der Waals surface area (Å²) >= 11 is 0. The molecule has 3 amide bonds. The van der Waals surface area contributed by atoms with Crippen LogP contribution in [0.4, 0.5) is 10.5 Å². The van der Waals surface area contributed by atoms with Gasteiger partial charge in [-0.2, -0.15) is 4.31 Å². The van der Waals surface area contributed by atoms with Gasteiger partial charge in [0.05, 0.1) is 11.4 Å². The van der Waals surface area contributed by atoms with Crippen molar-refractivity contribution in [2.75, 3.05) is 64.2 Å². The second-order valence-electron chi connectivity index (χ2n) is 9.11. The molecule has 0 radical (unpaired) electrons. The van der Waals surface area contributed by atoms with E-state index in [-0.39, 0.29) is 18.5 Å². The van der Waals surface area contributed by atoms with E-state index < -0.39 is 10.0 Å². The Morgan fingerprint density at radius 1 is 0.829 bits per heavy atom. The lowest BCUT2D eigenvalue weighted by Crippen LogP contribution is -2.55. The van der Waals surface area contributed by atoms with E-state index in [2.05, 4.69) is 5.32 Å². The summed E-state index contributed by atoms with van der Waals surface area (Å²) in [6.07, 6.45) is 0. The normalized spacial score (nSPS) is 17.9. The second-order valence-corrected chi connectivity index (χ2v) is 11.0. The first-order chi connectivity index (χ1) is 16.7. The summed E-state index contributed by atoms with van der Waals surface area (Å²) in [4.78, 5) is 31.2. The van der Waals surface area contributed by atoms with Gasteiger partial charge < -0.3 is 15.1 Å². The zero-order valence-electron chi connectivity index (χ0n) is 20.3. The third-order valence-corrected chi connectivity index (χ3v) is 8.64. The Labute approximate surface area is 207 Å². The number of piperazine rings is 2. The number of urea groups is 1. The minimum Gasteiger partial charge on any atom is -0.338 e. The largest absolute Gasteiger partial charge is 0.338 e. The van der Waals surface area contributed by atoms with E-state index in [0.29, 0.717) is 57.3 Å². The molecule has 1 N–H and O–H groups in total. The van der Waals surface area contributed by atoms with Crippen LogP contribution in [0.3, 0.4) is 0 Å². The van der Waals surface area contributed by atoms with Gasteiger partial charge in [-0.3, -0.25) is 9.69 Å². The number of aryl methyl sites for hydroxylation is 2. The maximum Gasteiger partial charge on any atom is 0.321 e. The maximum atomic E-state index is 13.1. The summed E-state index contributed by atoms with van der Waals surface area (Å²) in [5.74, 6) is 0.0128. The summed E-state index contributed by atoms with van der Waals surface area (Å²) in [5, 5.41) is 2.88. The van der Waals surface area contributed by atoms with E-state index in [1.54, 1.807) is 15.9 Å². The number of nitrogens with one attached hydrogen (secondary N) is 1. The topological polar surface area (TPSA) is 93.3 Å². The van der Waals surface area contributed by atoms with Crippen LogP contribution in [0.2, 0.25) is 0 Å². The number of para-hydroxylation sites is 1. The van der Waals surface area contributed by atoms with E-state index in [9.17, 15) is 18.0 Å². The summed E-state index contributed by atoms with van der Waals surface area (Å²) in [7, 11) is -3.55. The molecule has 0 aromatic heterocycles.